The fourth-order valence-corrected chi connectivity index (χ4v) is 3.97. The zero-order valence-electron chi connectivity index (χ0n) is 15.2. The first kappa shape index (κ1) is 16.9. The number of benzene rings is 1. The van der Waals surface area contributed by atoms with Crippen LogP contribution < -0.4 is 14.4 Å². The summed E-state index contributed by atoms with van der Waals surface area (Å²) in [6.07, 6.45) is 1.77. The van der Waals surface area contributed by atoms with E-state index in [0.29, 0.717) is 23.1 Å². The first-order chi connectivity index (χ1) is 12.7. The number of hydrogen-bond acceptors (Lipinski definition) is 7. The molecule has 136 valence electrons. The summed E-state index contributed by atoms with van der Waals surface area (Å²) in [7, 11) is 5.36. The number of likely N-dealkylation sites (N-methyl/N-ethyl adjacent to an activating group) is 1. The van der Waals surface area contributed by atoms with E-state index in [1.807, 2.05) is 12.1 Å². The Morgan fingerprint density at radius 3 is 2.81 bits per heavy atom. The van der Waals surface area contributed by atoms with Crippen LogP contribution in [0.2, 0.25) is 0 Å². The third-order valence-corrected chi connectivity index (χ3v) is 5.35. The van der Waals surface area contributed by atoms with Gasteiger partial charge in [-0.25, -0.2) is 0 Å². The maximum absolute atomic E-state index is 9.68. The highest BCUT2D eigenvalue weighted by molar-refractivity contribution is 5.98. The van der Waals surface area contributed by atoms with Gasteiger partial charge in [-0.1, -0.05) is 0 Å². The lowest BCUT2D eigenvalue weighted by molar-refractivity contribution is -0.0362. The number of anilines is 1. The maximum Gasteiger partial charge on any atom is 0.148 e. The monoisotopic (exact) mass is 354 g/mol. The second-order valence-corrected chi connectivity index (χ2v) is 6.72. The van der Waals surface area contributed by atoms with Crippen LogP contribution >= 0.6 is 0 Å². The van der Waals surface area contributed by atoms with E-state index in [-0.39, 0.29) is 6.10 Å². The second-order valence-electron chi connectivity index (χ2n) is 6.72. The maximum atomic E-state index is 9.68. The predicted molar refractivity (Wildman–Crippen MR) is 97.9 cm³/mol. The molecule has 0 saturated carbocycles. The summed E-state index contributed by atoms with van der Waals surface area (Å²) < 4.78 is 16.9. The third kappa shape index (κ3) is 2.62. The molecule has 2 aliphatic rings. The van der Waals surface area contributed by atoms with Crippen molar-refractivity contribution in [2.75, 3.05) is 52.4 Å². The number of rotatable bonds is 3. The smallest absolute Gasteiger partial charge is 0.148 e. The Kier molecular flexibility index (Phi) is 4.31. The van der Waals surface area contributed by atoms with Gasteiger partial charge in [0.15, 0.2) is 0 Å². The Morgan fingerprint density at radius 1 is 1.27 bits per heavy atom. The summed E-state index contributed by atoms with van der Waals surface area (Å²) in [5.41, 5.74) is 2.15. The Bertz CT molecular complexity index is 879. The number of pyridine rings is 1. The minimum absolute atomic E-state index is 0.149. The SMILES string of the molecule is COc1cc(OC)c2ncc(C#N)c(N3C[C@H]4OCCN(C)[C@H]4C3)c2c1. The molecule has 2 aliphatic heterocycles. The standard InChI is InChI=1S/C19H22N4O3/c1-22-4-5-26-17-11-23(10-15(17)22)19-12(8-20)9-21-18-14(19)6-13(24-2)7-16(18)25-3/h6-7,9,15,17H,4-5,10-11H2,1-3H3/t15-,17+/m0/s1. The normalized spacial score (nSPS) is 22.9. The van der Waals surface area contributed by atoms with Crippen LogP contribution in [0.25, 0.3) is 10.9 Å². The highest BCUT2D eigenvalue weighted by atomic mass is 16.5. The number of aromatic nitrogens is 1. The van der Waals surface area contributed by atoms with Gasteiger partial charge in [-0.05, 0) is 13.1 Å². The molecule has 0 spiro atoms. The Hall–Kier alpha value is -2.56. The number of morpholine rings is 1. The van der Waals surface area contributed by atoms with Crippen LogP contribution in [0.1, 0.15) is 5.56 Å². The zero-order chi connectivity index (χ0) is 18.3. The quantitative estimate of drug-likeness (QED) is 0.830. The van der Waals surface area contributed by atoms with E-state index in [9.17, 15) is 5.26 Å². The van der Waals surface area contributed by atoms with Crippen molar-refractivity contribution in [1.82, 2.24) is 9.88 Å². The van der Waals surface area contributed by atoms with Gasteiger partial charge in [-0.2, -0.15) is 5.26 Å². The summed E-state index contributed by atoms with van der Waals surface area (Å²) in [4.78, 5) is 9.04. The average Bonchev–Trinajstić information content (AvgIpc) is 3.11. The van der Waals surface area contributed by atoms with Crippen LogP contribution in [0.3, 0.4) is 0 Å². The molecule has 2 saturated heterocycles. The lowest BCUT2D eigenvalue weighted by Crippen LogP contribution is -2.48. The van der Waals surface area contributed by atoms with Crippen molar-refractivity contribution in [1.29, 1.82) is 5.26 Å². The topological polar surface area (TPSA) is 70.8 Å². The van der Waals surface area contributed by atoms with Crippen LogP contribution in [-0.2, 0) is 4.74 Å². The molecule has 26 heavy (non-hydrogen) atoms. The van der Waals surface area contributed by atoms with Gasteiger partial charge in [0.25, 0.3) is 0 Å². The number of hydrogen-bond donors (Lipinski definition) is 0. The van der Waals surface area contributed by atoms with Crippen LogP contribution in [0.4, 0.5) is 5.69 Å². The highest BCUT2D eigenvalue weighted by Crippen LogP contribution is 2.39. The molecule has 7 heteroatoms. The molecule has 2 atom stereocenters. The van der Waals surface area contributed by atoms with Gasteiger partial charge in [-0.15, -0.1) is 0 Å². The van der Waals surface area contributed by atoms with Gasteiger partial charge >= 0.3 is 0 Å². The number of nitriles is 1. The van der Waals surface area contributed by atoms with E-state index < -0.39 is 0 Å². The number of nitrogens with zero attached hydrogens (tertiary/aromatic N) is 4. The second kappa shape index (κ2) is 6.63. The Balaban J connectivity index is 1.87. The van der Waals surface area contributed by atoms with E-state index in [0.717, 1.165) is 42.8 Å². The summed E-state index contributed by atoms with van der Waals surface area (Å²) >= 11 is 0. The van der Waals surface area contributed by atoms with Gasteiger partial charge in [0, 0.05) is 37.3 Å². The zero-order valence-corrected chi connectivity index (χ0v) is 15.2. The fourth-order valence-electron chi connectivity index (χ4n) is 3.97. The Morgan fingerprint density at radius 2 is 2.12 bits per heavy atom. The molecule has 0 radical (unpaired) electrons. The van der Waals surface area contributed by atoms with Crippen LogP contribution in [0, 0.1) is 11.3 Å². The summed E-state index contributed by atoms with van der Waals surface area (Å²) in [6, 6.07) is 6.35. The molecule has 3 heterocycles. The average molecular weight is 354 g/mol. The molecular formula is C19H22N4O3. The lowest BCUT2D eigenvalue weighted by atomic mass is 10.1. The molecule has 0 unspecified atom stereocenters. The van der Waals surface area contributed by atoms with Crippen molar-refractivity contribution in [2.24, 2.45) is 0 Å². The molecule has 0 aliphatic carbocycles. The largest absolute Gasteiger partial charge is 0.497 e. The van der Waals surface area contributed by atoms with Gasteiger partial charge in [0.1, 0.15) is 23.1 Å². The van der Waals surface area contributed by atoms with Gasteiger partial charge < -0.3 is 19.1 Å². The molecule has 1 aromatic carbocycles. The van der Waals surface area contributed by atoms with Crippen molar-refractivity contribution in [2.45, 2.75) is 12.1 Å². The molecular weight excluding hydrogens is 332 g/mol. The molecule has 2 aromatic rings. The number of fused-ring (bicyclic) bond motifs is 2. The van der Waals surface area contributed by atoms with E-state index in [1.54, 1.807) is 20.4 Å². The first-order valence-electron chi connectivity index (χ1n) is 8.68. The Labute approximate surface area is 152 Å². The first-order valence-corrected chi connectivity index (χ1v) is 8.68. The summed E-state index contributed by atoms with van der Waals surface area (Å²) in [5.74, 6) is 1.31. The minimum Gasteiger partial charge on any atom is -0.497 e. The molecule has 0 amide bonds. The van der Waals surface area contributed by atoms with Crippen molar-refractivity contribution in [3.8, 4) is 17.6 Å². The van der Waals surface area contributed by atoms with Crippen LogP contribution in [-0.4, -0.2) is 69.5 Å². The van der Waals surface area contributed by atoms with Crippen molar-refractivity contribution in [3.05, 3.63) is 23.9 Å². The number of ether oxygens (including phenoxy) is 3. The van der Waals surface area contributed by atoms with Crippen LogP contribution in [0.5, 0.6) is 11.5 Å². The molecule has 7 nitrogen and oxygen atoms in total. The highest BCUT2D eigenvalue weighted by Gasteiger charge is 2.39. The summed E-state index contributed by atoms with van der Waals surface area (Å²) in [5, 5.41) is 10.5. The van der Waals surface area contributed by atoms with Gasteiger partial charge in [0.05, 0.1) is 44.2 Å². The predicted octanol–water partition coefficient (Wildman–Crippen LogP) is 1.64. The van der Waals surface area contributed by atoms with Crippen molar-refractivity contribution in [3.63, 3.8) is 0 Å². The molecule has 2 fully saturated rings. The molecule has 0 N–H and O–H groups in total. The van der Waals surface area contributed by atoms with Gasteiger partial charge in [-0.3, -0.25) is 9.88 Å². The van der Waals surface area contributed by atoms with E-state index in [2.05, 4.69) is 27.9 Å². The van der Waals surface area contributed by atoms with E-state index in [4.69, 9.17) is 14.2 Å². The lowest BCUT2D eigenvalue weighted by Gasteiger charge is -2.33. The van der Waals surface area contributed by atoms with Crippen molar-refractivity contribution >= 4 is 16.6 Å². The number of methoxy groups -OCH3 is 2. The molecule has 4 rings (SSSR count). The fraction of sp³-hybridized carbons (Fsp3) is 0.474. The van der Waals surface area contributed by atoms with E-state index in [1.165, 1.54) is 0 Å². The third-order valence-electron chi connectivity index (χ3n) is 5.35. The van der Waals surface area contributed by atoms with Gasteiger partial charge in [0.2, 0.25) is 0 Å². The summed E-state index contributed by atoms with van der Waals surface area (Å²) in [6.45, 7) is 3.24. The van der Waals surface area contributed by atoms with Crippen LogP contribution in [0.15, 0.2) is 18.3 Å². The minimum atomic E-state index is 0.149. The molecule has 0 bridgehead atoms. The molecule has 1 aromatic heterocycles. The van der Waals surface area contributed by atoms with Crippen molar-refractivity contribution < 1.29 is 14.2 Å². The van der Waals surface area contributed by atoms with E-state index >= 15 is 0 Å².